The van der Waals surface area contributed by atoms with Crippen molar-refractivity contribution >= 4 is 29.9 Å². The van der Waals surface area contributed by atoms with Gasteiger partial charge >= 0.3 is 0 Å². The second-order valence-electron chi connectivity index (χ2n) is 6.65. The van der Waals surface area contributed by atoms with Crippen LogP contribution in [0.3, 0.4) is 0 Å². The van der Waals surface area contributed by atoms with E-state index >= 15 is 0 Å². The van der Waals surface area contributed by atoms with Crippen molar-refractivity contribution in [2.75, 3.05) is 20.3 Å². The van der Waals surface area contributed by atoms with Gasteiger partial charge in [-0.05, 0) is 36.8 Å². The zero-order valence-corrected chi connectivity index (χ0v) is 17.8. The van der Waals surface area contributed by atoms with Gasteiger partial charge in [0.15, 0.2) is 5.96 Å². The molecule has 0 spiro atoms. The molecule has 0 radical (unpaired) electrons. The largest absolute Gasteiger partial charge is 0.381 e. The van der Waals surface area contributed by atoms with E-state index in [1.54, 1.807) is 0 Å². The van der Waals surface area contributed by atoms with Crippen molar-refractivity contribution in [2.45, 2.75) is 51.0 Å². The third-order valence-electron chi connectivity index (χ3n) is 4.68. The van der Waals surface area contributed by atoms with Crippen LogP contribution in [0.2, 0.25) is 0 Å². The third kappa shape index (κ3) is 6.89. The molecule has 0 bridgehead atoms. The molecular weight excluding hydrogens is 441 g/mol. The molecule has 1 aliphatic carbocycles. The van der Waals surface area contributed by atoms with E-state index in [0.717, 1.165) is 51.4 Å². The normalized spacial score (nSPS) is 18.6. The van der Waals surface area contributed by atoms with Crippen molar-refractivity contribution in [3.05, 3.63) is 47.5 Å². The lowest BCUT2D eigenvalue weighted by atomic mass is 10.1. The van der Waals surface area contributed by atoms with Gasteiger partial charge in [-0.2, -0.15) is 0 Å². The minimum atomic E-state index is 0. The third-order valence-corrected chi connectivity index (χ3v) is 4.68. The van der Waals surface area contributed by atoms with Crippen molar-refractivity contribution in [1.29, 1.82) is 0 Å². The maximum atomic E-state index is 6.02. The van der Waals surface area contributed by atoms with E-state index in [0.29, 0.717) is 18.8 Å². The molecule has 2 N–H and O–H groups in total. The summed E-state index contributed by atoms with van der Waals surface area (Å²) >= 11 is 0. The Morgan fingerprint density at radius 1 is 1.19 bits per heavy atom. The monoisotopic (exact) mass is 471 g/mol. The second kappa shape index (κ2) is 11.6. The fourth-order valence-electron chi connectivity index (χ4n) is 3.19. The van der Waals surface area contributed by atoms with Crippen LogP contribution in [0.4, 0.5) is 0 Å². The van der Waals surface area contributed by atoms with Crippen LogP contribution in [0, 0.1) is 0 Å². The molecule has 26 heavy (non-hydrogen) atoms. The molecule has 0 amide bonds. The molecule has 1 aromatic rings. The van der Waals surface area contributed by atoms with Gasteiger partial charge in [0.25, 0.3) is 0 Å². The first-order chi connectivity index (χ1) is 12.3. The van der Waals surface area contributed by atoms with Gasteiger partial charge in [0, 0.05) is 32.8 Å². The quantitative estimate of drug-likeness (QED) is 0.289. The van der Waals surface area contributed by atoms with Gasteiger partial charge in [0.1, 0.15) is 0 Å². The highest BCUT2D eigenvalue weighted by molar-refractivity contribution is 14.0. The van der Waals surface area contributed by atoms with Gasteiger partial charge in [-0.15, -0.1) is 24.0 Å². The summed E-state index contributed by atoms with van der Waals surface area (Å²) in [6.07, 6.45) is 8.90. The van der Waals surface area contributed by atoms with Gasteiger partial charge < -0.3 is 20.1 Å². The van der Waals surface area contributed by atoms with Crippen LogP contribution >= 0.6 is 24.0 Å². The van der Waals surface area contributed by atoms with Gasteiger partial charge in [-0.1, -0.05) is 36.4 Å². The first kappa shape index (κ1) is 21.2. The summed E-state index contributed by atoms with van der Waals surface area (Å²) in [5, 5.41) is 6.86. The van der Waals surface area contributed by atoms with Crippen LogP contribution < -0.4 is 10.6 Å². The maximum absolute atomic E-state index is 6.02. The van der Waals surface area contributed by atoms with Crippen LogP contribution in [-0.2, 0) is 22.6 Å². The SMILES string of the molecule is CN=C(NCc1cccc(COC2CCOCC2)c1)NC1CC=CC1.I. The van der Waals surface area contributed by atoms with Crippen LogP contribution in [0.15, 0.2) is 41.4 Å². The van der Waals surface area contributed by atoms with Crippen LogP contribution in [0.1, 0.15) is 36.8 Å². The Balaban J connectivity index is 0.00000243. The van der Waals surface area contributed by atoms with Gasteiger partial charge in [-0.3, -0.25) is 4.99 Å². The predicted octanol–water partition coefficient (Wildman–Crippen LogP) is 3.38. The number of ether oxygens (including phenoxy) is 2. The molecule has 144 valence electrons. The predicted molar refractivity (Wildman–Crippen MR) is 116 cm³/mol. The van der Waals surface area contributed by atoms with Crippen LogP contribution in [-0.4, -0.2) is 38.4 Å². The minimum Gasteiger partial charge on any atom is -0.381 e. The lowest BCUT2D eigenvalue weighted by molar-refractivity contribution is -0.0390. The Bertz CT molecular complexity index is 592. The summed E-state index contributed by atoms with van der Waals surface area (Å²) in [6.45, 7) is 3.05. The number of hydrogen-bond donors (Lipinski definition) is 2. The molecule has 0 unspecified atom stereocenters. The number of halogens is 1. The van der Waals surface area contributed by atoms with E-state index in [-0.39, 0.29) is 24.0 Å². The smallest absolute Gasteiger partial charge is 0.191 e. The zero-order chi connectivity index (χ0) is 17.3. The molecule has 6 heteroatoms. The number of nitrogens with zero attached hydrogens (tertiary/aromatic N) is 1. The lowest BCUT2D eigenvalue weighted by Crippen LogP contribution is -2.42. The van der Waals surface area contributed by atoms with E-state index < -0.39 is 0 Å². The van der Waals surface area contributed by atoms with Crippen LogP contribution in [0.5, 0.6) is 0 Å². The average molecular weight is 471 g/mol. The van der Waals surface area contributed by atoms with Gasteiger partial charge in [-0.25, -0.2) is 0 Å². The Hall–Kier alpha value is -1.12. The molecule has 2 aliphatic rings. The number of aliphatic imine (C=N–C) groups is 1. The molecular formula is C20H30IN3O2. The van der Waals surface area contributed by atoms with Crippen molar-refractivity contribution in [2.24, 2.45) is 4.99 Å². The van der Waals surface area contributed by atoms with Crippen molar-refractivity contribution in [1.82, 2.24) is 10.6 Å². The number of rotatable bonds is 6. The van der Waals surface area contributed by atoms with Gasteiger partial charge in [0.05, 0.1) is 12.7 Å². The number of nitrogens with one attached hydrogen (secondary N) is 2. The van der Waals surface area contributed by atoms with E-state index in [1.807, 2.05) is 7.05 Å². The number of guanidine groups is 1. The summed E-state index contributed by atoms with van der Waals surface area (Å²) in [7, 11) is 1.82. The van der Waals surface area contributed by atoms with E-state index in [1.165, 1.54) is 11.1 Å². The summed E-state index contributed by atoms with van der Waals surface area (Å²) in [5.41, 5.74) is 2.45. The maximum Gasteiger partial charge on any atom is 0.191 e. The van der Waals surface area contributed by atoms with Crippen molar-refractivity contribution in [3.63, 3.8) is 0 Å². The summed E-state index contributed by atoms with van der Waals surface area (Å²) in [5.74, 6) is 0.859. The van der Waals surface area contributed by atoms with Crippen LogP contribution in [0.25, 0.3) is 0 Å². The van der Waals surface area contributed by atoms with E-state index in [4.69, 9.17) is 9.47 Å². The minimum absolute atomic E-state index is 0. The van der Waals surface area contributed by atoms with Crippen molar-refractivity contribution < 1.29 is 9.47 Å². The second-order valence-corrected chi connectivity index (χ2v) is 6.65. The average Bonchev–Trinajstić information content (AvgIpc) is 3.18. The molecule has 1 aliphatic heterocycles. The molecule has 0 saturated carbocycles. The molecule has 1 heterocycles. The van der Waals surface area contributed by atoms with E-state index in [2.05, 4.69) is 52.0 Å². The Labute approximate surface area is 173 Å². The highest BCUT2D eigenvalue weighted by atomic mass is 127. The summed E-state index contributed by atoms with van der Waals surface area (Å²) in [4.78, 5) is 4.32. The number of benzene rings is 1. The Morgan fingerprint density at radius 3 is 2.65 bits per heavy atom. The first-order valence-corrected chi connectivity index (χ1v) is 9.23. The number of hydrogen-bond acceptors (Lipinski definition) is 3. The molecule has 1 fully saturated rings. The van der Waals surface area contributed by atoms with Gasteiger partial charge in [0.2, 0.25) is 0 Å². The molecule has 1 aromatic carbocycles. The standard InChI is InChI=1S/C20H29N3O2.HI/c1-21-20(23-18-7-2-3-8-18)22-14-16-5-4-6-17(13-16)15-25-19-9-11-24-12-10-19;/h2-6,13,18-19H,7-12,14-15H2,1H3,(H2,21,22,23);1H. The Kier molecular flexibility index (Phi) is 9.42. The summed E-state index contributed by atoms with van der Waals surface area (Å²) in [6, 6.07) is 9.02. The highest BCUT2D eigenvalue weighted by Gasteiger charge is 2.14. The topological polar surface area (TPSA) is 54.9 Å². The fourth-order valence-corrected chi connectivity index (χ4v) is 3.19. The molecule has 0 aromatic heterocycles. The highest BCUT2D eigenvalue weighted by Crippen LogP contribution is 2.14. The molecule has 1 saturated heterocycles. The first-order valence-electron chi connectivity index (χ1n) is 9.23. The van der Waals surface area contributed by atoms with E-state index in [9.17, 15) is 0 Å². The zero-order valence-electron chi connectivity index (χ0n) is 15.4. The fraction of sp³-hybridized carbons (Fsp3) is 0.550. The molecule has 3 rings (SSSR count). The molecule has 5 nitrogen and oxygen atoms in total. The lowest BCUT2D eigenvalue weighted by Gasteiger charge is -2.22. The summed E-state index contributed by atoms with van der Waals surface area (Å²) < 4.78 is 11.4. The molecule has 0 atom stereocenters. The van der Waals surface area contributed by atoms with Crippen molar-refractivity contribution in [3.8, 4) is 0 Å². The Morgan fingerprint density at radius 2 is 1.92 bits per heavy atom.